The van der Waals surface area contributed by atoms with Crippen molar-refractivity contribution < 1.29 is 23.6 Å². The first kappa shape index (κ1) is 27.0. The van der Waals surface area contributed by atoms with Crippen LogP contribution in [0, 0.1) is 11.3 Å². The van der Waals surface area contributed by atoms with Crippen LogP contribution < -0.4 is 5.32 Å². The molecule has 37 heavy (non-hydrogen) atoms. The van der Waals surface area contributed by atoms with Crippen molar-refractivity contribution in [3.05, 3.63) is 47.6 Å². The van der Waals surface area contributed by atoms with E-state index < -0.39 is 17.7 Å². The second kappa shape index (κ2) is 12.0. The maximum Gasteiger partial charge on any atom is 0.296 e. The number of morpholine rings is 1. The molecular weight excluding hydrogens is 472 g/mol. The standard InChI is InChI=1S/C28H38N4O5/c1-4-22(24(34)27-30-25(31-37-27)20-10-11-20)29-26(35)21(16-23(33)32-12-14-36-15-13-32)18-28(2,3)17-19-8-6-5-7-9-19/h5-9,20-22H,4,10-18H2,1-3H3,(H,29,35)/t21-,22-/m0/s1. The van der Waals surface area contributed by atoms with Gasteiger partial charge in [0.15, 0.2) is 5.82 Å². The van der Waals surface area contributed by atoms with Gasteiger partial charge in [-0.05, 0) is 43.1 Å². The molecular formula is C28H38N4O5. The lowest BCUT2D eigenvalue weighted by Gasteiger charge is -2.32. The van der Waals surface area contributed by atoms with Gasteiger partial charge in [0.2, 0.25) is 17.6 Å². The van der Waals surface area contributed by atoms with Crippen molar-refractivity contribution in [2.45, 2.75) is 71.3 Å². The summed E-state index contributed by atoms with van der Waals surface area (Å²) in [7, 11) is 0. The summed E-state index contributed by atoms with van der Waals surface area (Å²) in [5.41, 5.74) is 0.932. The highest BCUT2D eigenvalue weighted by Gasteiger charge is 2.35. The second-order valence-electron chi connectivity index (χ2n) is 11.0. The number of hydrogen-bond acceptors (Lipinski definition) is 7. The summed E-state index contributed by atoms with van der Waals surface area (Å²) >= 11 is 0. The third-order valence-electron chi connectivity index (χ3n) is 7.12. The van der Waals surface area contributed by atoms with E-state index in [1.165, 1.54) is 5.56 Å². The molecule has 1 aromatic heterocycles. The second-order valence-corrected chi connectivity index (χ2v) is 11.0. The zero-order valence-electron chi connectivity index (χ0n) is 22.1. The predicted molar refractivity (Wildman–Crippen MR) is 137 cm³/mol. The van der Waals surface area contributed by atoms with E-state index in [4.69, 9.17) is 9.26 Å². The first-order chi connectivity index (χ1) is 17.8. The summed E-state index contributed by atoms with van der Waals surface area (Å²) in [4.78, 5) is 45.8. The molecule has 0 spiro atoms. The molecule has 4 rings (SSSR count). The van der Waals surface area contributed by atoms with Gasteiger partial charge in [-0.2, -0.15) is 4.98 Å². The molecule has 2 aromatic rings. The molecule has 1 aromatic carbocycles. The summed E-state index contributed by atoms with van der Waals surface area (Å²) in [6.07, 6.45) is 3.73. The molecule has 1 aliphatic carbocycles. The molecule has 1 saturated carbocycles. The van der Waals surface area contributed by atoms with Crippen LogP contribution in [0.5, 0.6) is 0 Å². The van der Waals surface area contributed by atoms with Crippen LogP contribution in [0.25, 0.3) is 0 Å². The Morgan fingerprint density at radius 2 is 1.84 bits per heavy atom. The normalized spacial score (nSPS) is 17.8. The van der Waals surface area contributed by atoms with E-state index in [1.807, 2.05) is 25.1 Å². The summed E-state index contributed by atoms with van der Waals surface area (Å²) < 4.78 is 10.6. The number of carbonyl (C=O) groups is 3. The highest BCUT2D eigenvalue weighted by molar-refractivity contribution is 5.99. The Hall–Kier alpha value is -3.07. The average Bonchev–Trinajstić information content (AvgIpc) is 3.63. The molecule has 0 radical (unpaired) electrons. The minimum absolute atomic E-state index is 0.0655. The number of ether oxygens (including phenoxy) is 1. The van der Waals surface area contributed by atoms with Crippen molar-refractivity contribution in [1.82, 2.24) is 20.4 Å². The lowest BCUT2D eigenvalue weighted by molar-refractivity contribution is -0.140. The first-order valence-electron chi connectivity index (χ1n) is 13.3. The van der Waals surface area contributed by atoms with Crippen molar-refractivity contribution in [2.75, 3.05) is 26.3 Å². The number of amides is 2. The van der Waals surface area contributed by atoms with Crippen molar-refractivity contribution in [3.63, 3.8) is 0 Å². The molecule has 2 amide bonds. The van der Waals surface area contributed by atoms with Crippen molar-refractivity contribution in [2.24, 2.45) is 11.3 Å². The number of nitrogens with zero attached hydrogens (tertiary/aromatic N) is 3. The van der Waals surface area contributed by atoms with E-state index in [2.05, 4.69) is 41.4 Å². The van der Waals surface area contributed by atoms with Crippen LogP contribution in [0.3, 0.4) is 0 Å². The Bertz CT molecular complexity index is 1070. The van der Waals surface area contributed by atoms with Gasteiger partial charge in [-0.15, -0.1) is 0 Å². The molecule has 2 fully saturated rings. The fourth-order valence-electron chi connectivity index (χ4n) is 4.93. The van der Waals surface area contributed by atoms with E-state index in [0.717, 1.165) is 19.3 Å². The van der Waals surface area contributed by atoms with Crippen LogP contribution in [0.15, 0.2) is 34.9 Å². The van der Waals surface area contributed by atoms with Crippen molar-refractivity contribution in [1.29, 1.82) is 0 Å². The molecule has 2 heterocycles. The Morgan fingerprint density at radius 3 is 2.49 bits per heavy atom. The number of ketones is 1. The first-order valence-corrected chi connectivity index (χ1v) is 13.3. The number of aromatic nitrogens is 2. The molecule has 200 valence electrons. The highest BCUT2D eigenvalue weighted by atomic mass is 16.5. The number of carbonyl (C=O) groups excluding carboxylic acids is 3. The SMILES string of the molecule is CC[C@H](NC(=O)[C@@H](CC(=O)N1CCOCC1)CC(C)(C)Cc1ccccc1)C(=O)c1nc(C2CC2)no1. The quantitative estimate of drug-likeness (QED) is 0.434. The van der Waals surface area contributed by atoms with Crippen LogP contribution in [0.2, 0.25) is 0 Å². The van der Waals surface area contributed by atoms with Gasteiger partial charge in [0.25, 0.3) is 5.89 Å². The Morgan fingerprint density at radius 1 is 1.14 bits per heavy atom. The molecule has 1 aliphatic heterocycles. The number of nitrogens with one attached hydrogen (secondary N) is 1. The fraction of sp³-hybridized carbons (Fsp3) is 0.607. The van der Waals surface area contributed by atoms with Crippen LogP contribution in [-0.4, -0.2) is 65.0 Å². The third kappa shape index (κ3) is 7.47. The Kier molecular flexibility index (Phi) is 8.74. The predicted octanol–water partition coefficient (Wildman–Crippen LogP) is 3.55. The van der Waals surface area contributed by atoms with Gasteiger partial charge in [0, 0.05) is 31.3 Å². The van der Waals surface area contributed by atoms with Crippen LogP contribution in [-0.2, 0) is 20.7 Å². The largest absolute Gasteiger partial charge is 0.378 e. The molecule has 0 bridgehead atoms. The number of benzene rings is 1. The van der Waals surface area contributed by atoms with Crippen molar-refractivity contribution in [3.8, 4) is 0 Å². The minimum atomic E-state index is -0.793. The van der Waals surface area contributed by atoms with Gasteiger partial charge in [0.1, 0.15) is 0 Å². The van der Waals surface area contributed by atoms with Crippen LogP contribution in [0.4, 0.5) is 0 Å². The number of Topliss-reactive ketones (excluding diaryl/α,β-unsaturated/α-hetero) is 1. The molecule has 0 unspecified atom stereocenters. The lowest BCUT2D eigenvalue weighted by atomic mass is 9.76. The molecule has 1 saturated heterocycles. The smallest absolute Gasteiger partial charge is 0.296 e. The molecule has 9 heteroatoms. The highest BCUT2D eigenvalue weighted by Crippen LogP contribution is 2.38. The maximum atomic E-state index is 13.6. The van der Waals surface area contributed by atoms with Crippen LogP contribution >= 0.6 is 0 Å². The summed E-state index contributed by atoms with van der Waals surface area (Å²) in [5.74, 6) is -0.588. The molecule has 2 aliphatic rings. The van der Waals surface area contributed by atoms with E-state index in [1.54, 1.807) is 4.90 Å². The van der Waals surface area contributed by atoms with Crippen LogP contribution in [0.1, 0.15) is 80.9 Å². The Balaban J connectivity index is 1.46. The maximum absolute atomic E-state index is 13.6. The van der Waals surface area contributed by atoms with Gasteiger partial charge in [-0.3, -0.25) is 14.4 Å². The Labute approximate surface area is 218 Å². The summed E-state index contributed by atoms with van der Waals surface area (Å²) in [6, 6.07) is 9.33. The fourth-order valence-corrected chi connectivity index (χ4v) is 4.93. The zero-order chi connectivity index (χ0) is 26.4. The number of rotatable bonds is 12. The van der Waals surface area contributed by atoms with Gasteiger partial charge >= 0.3 is 0 Å². The average molecular weight is 511 g/mol. The zero-order valence-corrected chi connectivity index (χ0v) is 22.1. The molecule has 2 atom stereocenters. The topological polar surface area (TPSA) is 115 Å². The molecule has 9 nitrogen and oxygen atoms in total. The molecule has 1 N–H and O–H groups in total. The number of hydrogen-bond donors (Lipinski definition) is 1. The van der Waals surface area contributed by atoms with Gasteiger partial charge in [-0.25, -0.2) is 0 Å². The van der Waals surface area contributed by atoms with Gasteiger partial charge < -0.3 is 19.5 Å². The van der Waals surface area contributed by atoms with E-state index in [0.29, 0.717) is 45.0 Å². The van der Waals surface area contributed by atoms with Crippen molar-refractivity contribution >= 4 is 17.6 Å². The third-order valence-corrected chi connectivity index (χ3v) is 7.12. The van der Waals surface area contributed by atoms with E-state index >= 15 is 0 Å². The summed E-state index contributed by atoms with van der Waals surface area (Å²) in [5, 5.41) is 6.83. The van der Waals surface area contributed by atoms with Gasteiger partial charge in [-0.1, -0.05) is 56.3 Å². The van der Waals surface area contributed by atoms with E-state index in [9.17, 15) is 14.4 Å². The monoisotopic (exact) mass is 510 g/mol. The lowest BCUT2D eigenvalue weighted by Crippen LogP contribution is -2.47. The minimum Gasteiger partial charge on any atom is -0.378 e. The van der Waals surface area contributed by atoms with Gasteiger partial charge in [0.05, 0.1) is 19.3 Å². The summed E-state index contributed by atoms with van der Waals surface area (Å²) in [6.45, 7) is 8.10. The van der Waals surface area contributed by atoms with E-state index in [-0.39, 0.29) is 35.5 Å².